The minimum Gasteiger partial charge on any atom is -0.455 e. The molecule has 2 amide bonds. The number of nitrogen functional groups attached to an aromatic ring is 1. The lowest BCUT2D eigenvalue weighted by molar-refractivity contribution is -0.117. The summed E-state index contributed by atoms with van der Waals surface area (Å²) in [7, 11) is 0. The van der Waals surface area contributed by atoms with E-state index in [1.165, 1.54) is 6.07 Å². The Labute approximate surface area is 167 Å². The highest BCUT2D eigenvalue weighted by Crippen LogP contribution is 2.30. The minimum atomic E-state index is -0.675. The molecule has 1 heterocycles. The molecule has 0 saturated heterocycles. The van der Waals surface area contributed by atoms with Crippen LogP contribution in [0.25, 0.3) is 0 Å². The topological polar surface area (TPSA) is 166 Å². The fraction of sp³-hybridized carbons (Fsp3) is 0.278. The SMILES string of the molecule is CCNC(=O)OCOc1ccccc1/N=N/c1ccc(NC(=O)[C@H](C)N)nc1N. The number of nitrogens with zero attached hydrogens (tertiary/aromatic N) is 3. The Morgan fingerprint density at radius 3 is 2.59 bits per heavy atom. The van der Waals surface area contributed by atoms with E-state index in [0.717, 1.165) is 0 Å². The largest absolute Gasteiger partial charge is 0.455 e. The molecule has 0 aliphatic rings. The number of ether oxygens (including phenoxy) is 2. The van der Waals surface area contributed by atoms with Crippen molar-refractivity contribution in [2.45, 2.75) is 19.9 Å². The molecule has 0 fully saturated rings. The zero-order chi connectivity index (χ0) is 21.2. The molecule has 1 aromatic carbocycles. The summed E-state index contributed by atoms with van der Waals surface area (Å²) in [6.45, 7) is 3.50. The Morgan fingerprint density at radius 2 is 1.90 bits per heavy atom. The van der Waals surface area contributed by atoms with Crippen LogP contribution < -0.4 is 26.8 Å². The molecular formula is C18H23N7O4. The summed E-state index contributed by atoms with van der Waals surface area (Å²) in [4.78, 5) is 27.0. The van der Waals surface area contributed by atoms with E-state index in [4.69, 9.17) is 20.9 Å². The molecule has 0 unspecified atom stereocenters. The fourth-order valence-electron chi connectivity index (χ4n) is 1.97. The molecule has 0 bridgehead atoms. The number of aromatic nitrogens is 1. The van der Waals surface area contributed by atoms with Gasteiger partial charge in [0.15, 0.2) is 11.6 Å². The first-order chi connectivity index (χ1) is 13.9. The van der Waals surface area contributed by atoms with Gasteiger partial charge in [-0.25, -0.2) is 9.78 Å². The summed E-state index contributed by atoms with van der Waals surface area (Å²) < 4.78 is 10.3. The van der Waals surface area contributed by atoms with Crippen molar-refractivity contribution in [1.82, 2.24) is 10.3 Å². The van der Waals surface area contributed by atoms with Crippen molar-refractivity contribution in [3.05, 3.63) is 36.4 Å². The van der Waals surface area contributed by atoms with Crippen molar-refractivity contribution in [3.63, 3.8) is 0 Å². The number of amides is 2. The van der Waals surface area contributed by atoms with E-state index < -0.39 is 12.1 Å². The summed E-state index contributed by atoms with van der Waals surface area (Å²) in [5, 5.41) is 13.2. The lowest BCUT2D eigenvalue weighted by Gasteiger charge is -2.09. The molecular weight excluding hydrogens is 378 g/mol. The Hall–Kier alpha value is -3.73. The number of nitrogens with two attached hydrogens (primary N) is 2. The minimum absolute atomic E-state index is 0.0780. The van der Waals surface area contributed by atoms with Gasteiger partial charge in [-0.1, -0.05) is 12.1 Å². The second-order valence-electron chi connectivity index (χ2n) is 5.77. The highest BCUT2D eigenvalue weighted by Gasteiger charge is 2.10. The Morgan fingerprint density at radius 1 is 1.17 bits per heavy atom. The third-order valence-corrected chi connectivity index (χ3v) is 3.42. The Kier molecular flexibility index (Phi) is 7.86. The summed E-state index contributed by atoms with van der Waals surface area (Å²) >= 11 is 0. The molecule has 1 atom stereocenters. The van der Waals surface area contributed by atoms with Crippen LogP contribution in [0, 0.1) is 0 Å². The molecule has 0 aliphatic carbocycles. The maximum absolute atomic E-state index is 11.6. The molecule has 2 rings (SSSR count). The van der Waals surface area contributed by atoms with E-state index in [1.54, 1.807) is 44.2 Å². The maximum atomic E-state index is 11.6. The van der Waals surface area contributed by atoms with Gasteiger partial charge in [-0.3, -0.25) is 4.79 Å². The molecule has 0 spiro atoms. The number of carbonyl (C=O) groups is 2. The van der Waals surface area contributed by atoms with E-state index in [1.807, 2.05) is 0 Å². The molecule has 154 valence electrons. The Bertz CT molecular complexity index is 886. The van der Waals surface area contributed by atoms with E-state index >= 15 is 0 Å². The van der Waals surface area contributed by atoms with Crippen molar-refractivity contribution in [2.24, 2.45) is 16.0 Å². The number of para-hydroxylation sites is 1. The molecule has 1 aromatic heterocycles. The van der Waals surface area contributed by atoms with Gasteiger partial charge in [0.25, 0.3) is 0 Å². The molecule has 0 radical (unpaired) electrons. The molecule has 2 aromatic rings. The lowest BCUT2D eigenvalue weighted by atomic mass is 10.3. The number of carbonyl (C=O) groups excluding carboxylic acids is 2. The standard InChI is InChI=1S/C18H23N7O4/c1-3-21-18(27)29-10-28-14-7-5-4-6-12(14)24-25-13-8-9-15(22-16(13)20)23-17(26)11(2)19/h4-9,11H,3,10,19H2,1-2H3,(H,21,27)(H3,20,22,23,26)/b25-24+/t11-/m0/s1. The first-order valence-electron chi connectivity index (χ1n) is 8.78. The van der Waals surface area contributed by atoms with Crippen LogP contribution in [0.1, 0.15) is 13.8 Å². The van der Waals surface area contributed by atoms with Crippen LogP contribution in [-0.4, -0.2) is 36.4 Å². The number of hydrogen-bond acceptors (Lipinski definition) is 9. The zero-order valence-corrected chi connectivity index (χ0v) is 16.1. The molecule has 0 aliphatic heterocycles. The molecule has 11 heteroatoms. The van der Waals surface area contributed by atoms with Crippen molar-refractivity contribution in [2.75, 3.05) is 24.4 Å². The monoisotopic (exact) mass is 401 g/mol. The van der Waals surface area contributed by atoms with Crippen LogP contribution in [0.4, 0.5) is 27.8 Å². The summed E-state index contributed by atoms with van der Waals surface area (Å²) in [6.07, 6.45) is -0.582. The number of benzene rings is 1. The third kappa shape index (κ3) is 6.74. The summed E-state index contributed by atoms with van der Waals surface area (Å²) in [5.41, 5.74) is 12.1. The zero-order valence-electron chi connectivity index (χ0n) is 16.1. The highest BCUT2D eigenvalue weighted by molar-refractivity contribution is 5.93. The van der Waals surface area contributed by atoms with Gasteiger partial charge in [-0.2, -0.15) is 0 Å². The van der Waals surface area contributed by atoms with Gasteiger partial charge < -0.3 is 31.6 Å². The third-order valence-electron chi connectivity index (χ3n) is 3.42. The van der Waals surface area contributed by atoms with Crippen molar-refractivity contribution < 1.29 is 19.1 Å². The summed E-state index contributed by atoms with van der Waals surface area (Å²) in [6, 6.07) is 9.24. The molecule has 6 N–H and O–H groups in total. The average Bonchev–Trinajstić information content (AvgIpc) is 2.68. The van der Waals surface area contributed by atoms with Crippen molar-refractivity contribution in [3.8, 4) is 5.75 Å². The van der Waals surface area contributed by atoms with E-state index in [-0.39, 0.29) is 24.3 Å². The number of pyridine rings is 1. The van der Waals surface area contributed by atoms with Gasteiger partial charge in [-0.15, -0.1) is 10.2 Å². The molecule has 11 nitrogen and oxygen atoms in total. The van der Waals surface area contributed by atoms with Crippen LogP contribution in [-0.2, 0) is 9.53 Å². The van der Waals surface area contributed by atoms with E-state index in [0.29, 0.717) is 23.7 Å². The number of rotatable bonds is 8. The van der Waals surface area contributed by atoms with E-state index in [2.05, 4.69) is 25.8 Å². The predicted molar refractivity (Wildman–Crippen MR) is 107 cm³/mol. The van der Waals surface area contributed by atoms with Gasteiger partial charge in [-0.05, 0) is 38.1 Å². The van der Waals surface area contributed by atoms with Crippen LogP contribution in [0.2, 0.25) is 0 Å². The van der Waals surface area contributed by atoms with Gasteiger partial charge in [0.1, 0.15) is 17.2 Å². The number of alkyl carbamates (subject to hydrolysis) is 1. The smallest absolute Gasteiger partial charge is 0.410 e. The van der Waals surface area contributed by atoms with Gasteiger partial charge in [0, 0.05) is 6.54 Å². The number of anilines is 2. The van der Waals surface area contributed by atoms with Gasteiger partial charge in [0.05, 0.1) is 6.04 Å². The first kappa shape index (κ1) is 21.6. The van der Waals surface area contributed by atoms with Crippen LogP contribution in [0.3, 0.4) is 0 Å². The predicted octanol–water partition coefficient (Wildman–Crippen LogP) is 2.45. The normalized spacial score (nSPS) is 11.7. The van der Waals surface area contributed by atoms with Crippen LogP contribution >= 0.6 is 0 Å². The number of hydrogen-bond donors (Lipinski definition) is 4. The van der Waals surface area contributed by atoms with Crippen molar-refractivity contribution in [1.29, 1.82) is 0 Å². The van der Waals surface area contributed by atoms with Crippen LogP contribution in [0.5, 0.6) is 5.75 Å². The van der Waals surface area contributed by atoms with E-state index in [9.17, 15) is 9.59 Å². The second kappa shape index (κ2) is 10.6. The van der Waals surface area contributed by atoms with Gasteiger partial charge >= 0.3 is 6.09 Å². The molecule has 0 saturated carbocycles. The fourth-order valence-corrected chi connectivity index (χ4v) is 1.97. The first-order valence-corrected chi connectivity index (χ1v) is 8.78. The lowest BCUT2D eigenvalue weighted by Crippen LogP contribution is -2.32. The highest BCUT2D eigenvalue weighted by atomic mass is 16.7. The second-order valence-corrected chi connectivity index (χ2v) is 5.77. The average molecular weight is 401 g/mol. The van der Waals surface area contributed by atoms with Gasteiger partial charge in [0.2, 0.25) is 12.7 Å². The number of azo groups is 1. The Balaban J connectivity index is 2.06. The van der Waals surface area contributed by atoms with Crippen LogP contribution in [0.15, 0.2) is 46.6 Å². The number of nitrogens with one attached hydrogen (secondary N) is 2. The molecule has 29 heavy (non-hydrogen) atoms. The maximum Gasteiger partial charge on any atom is 0.410 e. The quantitative estimate of drug-likeness (QED) is 0.389. The van der Waals surface area contributed by atoms with Crippen molar-refractivity contribution >= 4 is 35.0 Å². The summed E-state index contributed by atoms with van der Waals surface area (Å²) in [5.74, 6) is 0.323.